The molecule has 0 spiro atoms. The van der Waals surface area contributed by atoms with Gasteiger partial charge >= 0.3 is 0 Å². The molecule has 0 fully saturated rings. The summed E-state index contributed by atoms with van der Waals surface area (Å²) >= 11 is 0. The number of carbonyl (C=O) groups is 1. The predicted octanol–water partition coefficient (Wildman–Crippen LogP) is 2.90. The van der Waals surface area contributed by atoms with Crippen molar-refractivity contribution in [2.24, 2.45) is 0 Å². The number of hydrogen-bond acceptors (Lipinski definition) is 4. The second kappa shape index (κ2) is 7.44. The molecule has 0 bridgehead atoms. The zero-order valence-corrected chi connectivity index (χ0v) is 13.9. The molecule has 1 amide bonds. The number of amides is 1. The number of hydrogen-bond donors (Lipinski definition) is 2. The average molecular weight is 351 g/mol. The number of sulfone groups is 1. The molecular weight excluding hydrogens is 333 g/mol. The van der Waals surface area contributed by atoms with E-state index in [9.17, 15) is 22.7 Å². The van der Waals surface area contributed by atoms with Crippen LogP contribution < -0.4 is 5.32 Å². The minimum Gasteiger partial charge on any atom is -0.506 e. The van der Waals surface area contributed by atoms with Crippen LogP contribution in [0.25, 0.3) is 0 Å². The Labute approximate surface area is 140 Å². The van der Waals surface area contributed by atoms with E-state index in [1.54, 1.807) is 12.1 Å². The minimum absolute atomic E-state index is 0.0308. The molecule has 0 unspecified atom stereocenters. The Balaban J connectivity index is 2.07. The Morgan fingerprint density at radius 3 is 2.62 bits per heavy atom. The minimum atomic E-state index is -3.44. The van der Waals surface area contributed by atoms with Crippen LogP contribution in [0.5, 0.6) is 5.75 Å². The third kappa shape index (κ3) is 4.55. The molecule has 0 aliphatic carbocycles. The van der Waals surface area contributed by atoms with Gasteiger partial charge in [0.1, 0.15) is 11.6 Å². The maximum absolute atomic E-state index is 13.1. The van der Waals surface area contributed by atoms with Crippen molar-refractivity contribution in [1.82, 2.24) is 0 Å². The van der Waals surface area contributed by atoms with Gasteiger partial charge in [0.15, 0.2) is 9.84 Å². The number of benzene rings is 2. The lowest BCUT2D eigenvalue weighted by Crippen LogP contribution is -2.13. The Hall–Kier alpha value is -2.41. The van der Waals surface area contributed by atoms with E-state index in [0.717, 1.165) is 0 Å². The summed E-state index contributed by atoms with van der Waals surface area (Å²) < 4.78 is 36.8. The van der Waals surface area contributed by atoms with Crippen LogP contribution in [-0.4, -0.2) is 25.2 Å². The molecule has 0 heterocycles. The summed E-state index contributed by atoms with van der Waals surface area (Å²) in [6.07, 6.45) is 0.408. The number of nitrogens with one attached hydrogen (secondary N) is 1. The molecule has 0 saturated heterocycles. The van der Waals surface area contributed by atoms with E-state index in [-0.39, 0.29) is 34.3 Å². The van der Waals surface area contributed by atoms with Crippen molar-refractivity contribution in [3.63, 3.8) is 0 Å². The Kier molecular flexibility index (Phi) is 5.56. The molecule has 5 nitrogen and oxygen atoms in total. The molecule has 0 aliphatic rings. The van der Waals surface area contributed by atoms with Gasteiger partial charge in [-0.3, -0.25) is 4.79 Å². The highest BCUT2D eigenvalue weighted by Gasteiger charge is 2.15. The number of phenolic OH excluding ortho intramolecular Hbond substituents is 1. The van der Waals surface area contributed by atoms with Crippen LogP contribution >= 0.6 is 0 Å². The van der Waals surface area contributed by atoms with Crippen LogP contribution in [0, 0.1) is 5.82 Å². The summed E-state index contributed by atoms with van der Waals surface area (Å²) in [5, 5.41) is 12.3. The normalized spacial score (nSPS) is 11.2. The lowest BCUT2D eigenvalue weighted by molar-refractivity contribution is -0.116. The number of aryl methyl sites for hydroxylation is 1. The Bertz CT molecular complexity index is 849. The number of carbonyl (C=O) groups excluding carboxylic acids is 1. The highest BCUT2D eigenvalue weighted by molar-refractivity contribution is 7.91. The number of anilines is 1. The van der Waals surface area contributed by atoms with E-state index in [2.05, 4.69) is 5.32 Å². The van der Waals surface area contributed by atoms with Gasteiger partial charge in [0.2, 0.25) is 5.91 Å². The van der Waals surface area contributed by atoms with Crippen molar-refractivity contribution >= 4 is 21.4 Å². The second-order valence-corrected chi connectivity index (χ2v) is 7.54. The van der Waals surface area contributed by atoms with Crippen LogP contribution in [0.3, 0.4) is 0 Å². The van der Waals surface area contributed by atoms with Crippen LogP contribution in [0.2, 0.25) is 0 Å². The van der Waals surface area contributed by atoms with E-state index in [1.807, 2.05) is 0 Å². The van der Waals surface area contributed by atoms with Gasteiger partial charge in [0.05, 0.1) is 16.3 Å². The van der Waals surface area contributed by atoms with Crippen molar-refractivity contribution in [1.29, 1.82) is 0 Å². The summed E-state index contributed by atoms with van der Waals surface area (Å²) in [4.78, 5) is 12.0. The highest BCUT2D eigenvalue weighted by atomic mass is 32.2. The van der Waals surface area contributed by atoms with Gasteiger partial charge in [-0.15, -0.1) is 0 Å². The third-order valence-electron chi connectivity index (χ3n) is 3.51. The zero-order valence-electron chi connectivity index (χ0n) is 13.1. The maximum Gasteiger partial charge on any atom is 0.224 e. The Morgan fingerprint density at radius 1 is 1.21 bits per heavy atom. The molecule has 7 heteroatoms. The van der Waals surface area contributed by atoms with E-state index < -0.39 is 15.7 Å². The van der Waals surface area contributed by atoms with Crippen molar-refractivity contribution in [3.05, 3.63) is 53.8 Å². The summed E-state index contributed by atoms with van der Waals surface area (Å²) in [7, 11) is -3.44. The fourth-order valence-electron chi connectivity index (χ4n) is 2.14. The number of rotatable bonds is 6. The zero-order chi connectivity index (χ0) is 17.7. The first-order valence-electron chi connectivity index (χ1n) is 7.42. The molecule has 2 N–H and O–H groups in total. The molecular formula is C17H18FNO4S. The largest absolute Gasteiger partial charge is 0.506 e. The van der Waals surface area contributed by atoms with Crippen LogP contribution in [0.1, 0.15) is 18.9 Å². The average Bonchev–Trinajstić information content (AvgIpc) is 2.55. The molecule has 0 aliphatic heterocycles. The Morgan fingerprint density at radius 2 is 1.96 bits per heavy atom. The molecule has 24 heavy (non-hydrogen) atoms. The van der Waals surface area contributed by atoms with E-state index in [1.165, 1.54) is 37.3 Å². The predicted molar refractivity (Wildman–Crippen MR) is 89.2 cm³/mol. The topological polar surface area (TPSA) is 83.5 Å². The van der Waals surface area contributed by atoms with E-state index in [4.69, 9.17) is 0 Å². The van der Waals surface area contributed by atoms with Crippen LogP contribution in [0.4, 0.5) is 10.1 Å². The summed E-state index contributed by atoms with van der Waals surface area (Å²) in [6, 6.07) is 9.69. The second-order valence-electron chi connectivity index (χ2n) is 5.26. The number of aromatic hydroxyl groups is 1. The first-order valence-corrected chi connectivity index (χ1v) is 9.07. The molecule has 2 rings (SSSR count). The fourth-order valence-corrected chi connectivity index (χ4v) is 3.04. The van der Waals surface area contributed by atoms with E-state index in [0.29, 0.717) is 12.0 Å². The summed E-state index contributed by atoms with van der Waals surface area (Å²) in [6.45, 7) is 1.51. The van der Waals surface area contributed by atoms with Crippen molar-refractivity contribution in [2.45, 2.75) is 24.7 Å². The van der Waals surface area contributed by atoms with Crippen LogP contribution in [0.15, 0.2) is 47.4 Å². The lowest BCUT2D eigenvalue weighted by atomic mass is 10.1. The van der Waals surface area contributed by atoms with Gasteiger partial charge in [-0.2, -0.15) is 0 Å². The summed E-state index contributed by atoms with van der Waals surface area (Å²) in [5.74, 6) is -1.07. The van der Waals surface area contributed by atoms with Gasteiger partial charge in [-0.1, -0.05) is 19.1 Å². The fraction of sp³-hybridized carbons (Fsp3) is 0.235. The van der Waals surface area contributed by atoms with Gasteiger partial charge in [0.25, 0.3) is 0 Å². The standard InChI is InChI=1S/C17H18FNO4S/c1-2-24(22,23)14-7-8-16(20)15(11-14)19-17(21)9-6-12-4-3-5-13(18)10-12/h3-5,7-8,10-11,20H,2,6,9H2,1H3,(H,19,21). The molecule has 0 aromatic heterocycles. The third-order valence-corrected chi connectivity index (χ3v) is 5.24. The first-order chi connectivity index (χ1) is 11.3. The molecule has 0 radical (unpaired) electrons. The highest BCUT2D eigenvalue weighted by Crippen LogP contribution is 2.27. The SMILES string of the molecule is CCS(=O)(=O)c1ccc(O)c(NC(=O)CCc2cccc(F)c2)c1. The summed E-state index contributed by atoms with van der Waals surface area (Å²) in [5.41, 5.74) is 0.713. The van der Waals surface area contributed by atoms with Crippen LogP contribution in [-0.2, 0) is 21.1 Å². The first kappa shape index (κ1) is 17.9. The lowest BCUT2D eigenvalue weighted by Gasteiger charge is -2.10. The quantitative estimate of drug-likeness (QED) is 0.784. The molecule has 2 aromatic carbocycles. The molecule has 2 aromatic rings. The number of phenols is 1. The van der Waals surface area contributed by atoms with E-state index >= 15 is 0 Å². The molecule has 128 valence electrons. The van der Waals surface area contributed by atoms with Gasteiger partial charge in [-0.25, -0.2) is 12.8 Å². The molecule has 0 saturated carbocycles. The smallest absolute Gasteiger partial charge is 0.224 e. The van der Waals surface area contributed by atoms with Gasteiger partial charge in [0, 0.05) is 6.42 Å². The molecule has 0 atom stereocenters. The van der Waals surface area contributed by atoms with Crippen molar-refractivity contribution < 1.29 is 22.7 Å². The van der Waals surface area contributed by atoms with Gasteiger partial charge in [-0.05, 0) is 42.3 Å². The number of halogens is 1. The monoisotopic (exact) mass is 351 g/mol. The van der Waals surface area contributed by atoms with Crippen molar-refractivity contribution in [2.75, 3.05) is 11.1 Å². The van der Waals surface area contributed by atoms with Gasteiger partial charge < -0.3 is 10.4 Å². The van der Waals surface area contributed by atoms with Crippen molar-refractivity contribution in [3.8, 4) is 5.75 Å². The maximum atomic E-state index is 13.1.